The van der Waals surface area contributed by atoms with Crippen molar-refractivity contribution in [1.82, 2.24) is 29.1 Å². The average molecular weight is 314 g/mol. The summed E-state index contributed by atoms with van der Waals surface area (Å²) in [5, 5.41) is 4.48. The number of nitrogens with one attached hydrogen (secondary N) is 1. The van der Waals surface area contributed by atoms with E-state index in [-0.39, 0.29) is 22.1 Å². The van der Waals surface area contributed by atoms with Gasteiger partial charge in [0, 0.05) is 13.3 Å². The summed E-state index contributed by atoms with van der Waals surface area (Å²) in [6, 6.07) is 0. The zero-order valence-electron chi connectivity index (χ0n) is 10.8. The predicted octanol–water partition coefficient (Wildman–Crippen LogP) is -0.570. The molecule has 3 rings (SSSR count). The Morgan fingerprint density at radius 3 is 2.60 bits per heavy atom. The maximum Gasteiger partial charge on any atom is 0.280 e. The van der Waals surface area contributed by atoms with E-state index in [0.717, 1.165) is 6.26 Å². The molecule has 0 spiro atoms. The summed E-state index contributed by atoms with van der Waals surface area (Å²) in [5.41, 5.74) is -0.201. The van der Waals surface area contributed by atoms with E-state index in [1.165, 1.54) is 27.9 Å². The first-order valence-electron chi connectivity index (χ1n) is 5.42. The van der Waals surface area contributed by atoms with Crippen molar-refractivity contribution in [1.29, 1.82) is 0 Å². The second kappa shape index (κ2) is 4.06. The molecule has 0 saturated carbocycles. The molecule has 0 aromatic carbocycles. The maximum atomic E-state index is 12.0. The fourth-order valence-electron chi connectivity index (χ4n) is 1.97. The number of aryl methyl sites for hydroxylation is 1. The smallest absolute Gasteiger partial charge is 0.280 e. The third-order valence-corrected chi connectivity index (χ3v) is 4.33. The van der Waals surface area contributed by atoms with Gasteiger partial charge in [-0.2, -0.15) is 9.50 Å². The van der Waals surface area contributed by atoms with E-state index in [1.807, 2.05) is 0 Å². The van der Waals surface area contributed by atoms with Crippen LogP contribution in [0.25, 0.3) is 16.9 Å². The highest BCUT2D eigenvalue weighted by atomic mass is 32.2. The van der Waals surface area contributed by atoms with E-state index in [0.29, 0.717) is 5.16 Å². The van der Waals surface area contributed by atoms with Crippen LogP contribution < -0.4 is 5.56 Å². The van der Waals surface area contributed by atoms with E-state index in [4.69, 9.17) is 0 Å². The molecule has 3 aromatic heterocycles. The first-order chi connectivity index (χ1) is 9.32. The lowest BCUT2D eigenvalue weighted by Crippen LogP contribution is -2.11. The fraction of sp³-hybridized carbons (Fsp3) is 0.333. The van der Waals surface area contributed by atoms with Gasteiger partial charge in [0.2, 0.25) is 25.9 Å². The second-order valence-electron chi connectivity index (χ2n) is 4.19. The molecule has 9 nitrogen and oxygen atoms in total. The Morgan fingerprint density at radius 1 is 1.30 bits per heavy atom. The van der Waals surface area contributed by atoms with Gasteiger partial charge in [0.25, 0.3) is 5.56 Å². The second-order valence-corrected chi connectivity index (χ2v) is 6.87. The third-order valence-electron chi connectivity index (χ3n) is 2.77. The summed E-state index contributed by atoms with van der Waals surface area (Å²) in [4.78, 5) is 22.5. The number of aromatic nitrogens is 6. The van der Waals surface area contributed by atoms with E-state index in [1.54, 1.807) is 6.26 Å². The summed E-state index contributed by atoms with van der Waals surface area (Å²) in [5.74, 6) is 0.245. The summed E-state index contributed by atoms with van der Waals surface area (Å²) in [6.07, 6.45) is 2.84. The van der Waals surface area contributed by atoms with E-state index in [9.17, 15) is 13.2 Å². The van der Waals surface area contributed by atoms with Crippen molar-refractivity contribution >= 4 is 38.5 Å². The molecule has 3 aromatic rings. The third kappa shape index (κ3) is 1.73. The lowest BCUT2D eigenvalue weighted by molar-refractivity contribution is 0.586. The minimum Gasteiger partial charge on any atom is -0.302 e. The minimum absolute atomic E-state index is 0.0120. The Labute approximate surface area is 117 Å². The summed E-state index contributed by atoms with van der Waals surface area (Å²) >= 11 is 1.31. The minimum atomic E-state index is -3.55. The summed E-state index contributed by atoms with van der Waals surface area (Å²) in [7, 11) is -2.03. The number of hydrogen-bond acceptors (Lipinski definition) is 7. The lowest BCUT2D eigenvalue weighted by atomic mass is 10.5. The number of sulfone groups is 1. The zero-order chi connectivity index (χ0) is 14.7. The first-order valence-corrected chi connectivity index (χ1v) is 8.54. The number of fused-ring (bicyclic) bond motifs is 3. The van der Waals surface area contributed by atoms with E-state index < -0.39 is 15.4 Å². The van der Waals surface area contributed by atoms with Crippen LogP contribution >= 0.6 is 11.8 Å². The summed E-state index contributed by atoms with van der Waals surface area (Å²) in [6.45, 7) is 0. The number of thioether (sulfide) groups is 1. The predicted molar refractivity (Wildman–Crippen MR) is 72.8 cm³/mol. The van der Waals surface area contributed by atoms with Crippen LogP contribution in [0.4, 0.5) is 0 Å². The topological polar surface area (TPSA) is 115 Å². The molecule has 0 atom stereocenters. The molecule has 0 fully saturated rings. The molecule has 1 N–H and O–H groups in total. The van der Waals surface area contributed by atoms with Gasteiger partial charge in [0.1, 0.15) is 0 Å². The van der Waals surface area contributed by atoms with Crippen molar-refractivity contribution in [3.63, 3.8) is 0 Å². The molecule has 3 heterocycles. The number of hydrogen-bond donors (Lipinski definition) is 1. The van der Waals surface area contributed by atoms with Crippen molar-refractivity contribution in [3.05, 3.63) is 10.4 Å². The van der Waals surface area contributed by atoms with Gasteiger partial charge in [-0.1, -0.05) is 11.8 Å². The standard InChI is InChI=1S/C9H10N6O3S2/c1-14-6-4(10-9(14)20(3,17)18)5(16)11-7-12-8(19-2)13-15(6)7/h1-3H3,(H,11,12,13,16). The number of rotatable bonds is 2. The van der Waals surface area contributed by atoms with Crippen LogP contribution in [0.2, 0.25) is 0 Å². The first kappa shape index (κ1) is 13.1. The van der Waals surface area contributed by atoms with Crippen LogP contribution in [-0.2, 0) is 16.9 Å². The van der Waals surface area contributed by atoms with Gasteiger partial charge in [0.15, 0.2) is 11.2 Å². The Bertz CT molecular complexity index is 996. The lowest BCUT2D eigenvalue weighted by Gasteiger charge is -1.99. The molecular formula is C9H10N6O3S2. The molecule has 0 radical (unpaired) electrons. The van der Waals surface area contributed by atoms with Crippen LogP contribution in [0.5, 0.6) is 0 Å². The van der Waals surface area contributed by atoms with Crippen LogP contribution in [0.15, 0.2) is 15.1 Å². The molecule has 11 heteroatoms. The van der Waals surface area contributed by atoms with Crippen molar-refractivity contribution in [2.24, 2.45) is 7.05 Å². The molecule has 0 saturated heterocycles. The Balaban J connectivity index is 2.58. The molecule has 106 valence electrons. The average Bonchev–Trinajstić information content (AvgIpc) is 2.89. The zero-order valence-corrected chi connectivity index (χ0v) is 12.4. The Kier molecular flexibility index (Phi) is 2.66. The van der Waals surface area contributed by atoms with Gasteiger partial charge < -0.3 is 4.57 Å². The number of aromatic amines is 1. The van der Waals surface area contributed by atoms with Crippen LogP contribution in [0.1, 0.15) is 0 Å². The quantitative estimate of drug-likeness (QED) is 0.630. The van der Waals surface area contributed by atoms with Crippen molar-refractivity contribution in [2.75, 3.05) is 12.5 Å². The number of imidazole rings is 1. The van der Waals surface area contributed by atoms with Crippen molar-refractivity contribution < 1.29 is 8.42 Å². The van der Waals surface area contributed by atoms with E-state index in [2.05, 4.69) is 20.1 Å². The number of H-pyrrole nitrogens is 1. The maximum absolute atomic E-state index is 12.0. The van der Waals surface area contributed by atoms with E-state index >= 15 is 0 Å². The monoisotopic (exact) mass is 314 g/mol. The van der Waals surface area contributed by atoms with Gasteiger partial charge in [-0.05, 0) is 6.26 Å². The van der Waals surface area contributed by atoms with Crippen molar-refractivity contribution in [3.8, 4) is 0 Å². The molecule has 0 amide bonds. The molecule has 0 aliphatic heterocycles. The van der Waals surface area contributed by atoms with Crippen LogP contribution in [0, 0.1) is 0 Å². The molecule has 0 bridgehead atoms. The fourth-order valence-corrected chi connectivity index (χ4v) is 3.15. The number of nitrogens with zero attached hydrogens (tertiary/aromatic N) is 5. The molecule has 0 aliphatic rings. The highest BCUT2D eigenvalue weighted by Gasteiger charge is 2.22. The SMILES string of the molecule is CSc1nc2[nH]c(=O)c3nc(S(C)(=O)=O)n(C)c3n2n1. The van der Waals surface area contributed by atoms with Crippen LogP contribution in [-0.4, -0.2) is 50.1 Å². The van der Waals surface area contributed by atoms with Gasteiger partial charge >= 0.3 is 0 Å². The van der Waals surface area contributed by atoms with Crippen molar-refractivity contribution in [2.45, 2.75) is 10.3 Å². The van der Waals surface area contributed by atoms with Gasteiger partial charge in [0.05, 0.1) is 0 Å². The largest absolute Gasteiger partial charge is 0.302 e. The highest BCUT2D eigenvalue weighted by molar-refractivity contribution is 7.98. The normalized spacial score (nSPS) is 12.6. The molecule has 0 unspecified atom stereocenters. The molecule has 20 heavy (non-hydrogen) atoms. The molecule has 0 aliphatic carbocycles. The van der Waals surface area contributed by atoms with Crippen LogP contribution in [0.3, 0.4) is 0 Å². The van der Waals surface area contributed by atoms with Gasteiger partial charge in [-0.15, -0.1) is 5.10 Å². The summed E-state index contributed by atoms with van der Waals surface area (Å²) < 4.78 is 26.1. The molecular weight excluding hydrogens is 304 g/mol. The van der Waals surface area contributed by atoms with Gasteiger partial charge in [-0.25, -0.2) is 13.4 Å². The highest BCUT2D eigenvalue weighted by Crippen LogP contribution is 2.17. The Hall–Kier alpha value is -1.88. The Morgan fingerprint density at radius 2 is 2.00 bits per heavy atom. The van der Waals surface area contributed by atoms with Gasteiger partial charge in [-0.3, -0.25) is 9.78 Å².